The number of ether oxygens (including phenoxy) is 1. The van der Waals surface area contributed by atoms with E-state index in [1.165, 1.54) is 0 Å². The summed E-state index contributed by atoms with van der Waals surface area (Å²) in [4.78, 5) is 0. The molecular formula is C12H15BrN2O. The van der Waals surface area contributed by atoms with E-state index in [1.54, 1.807) is 12.1 Å². The van der Waals surface area contributed by atoms with Gasteiger partial charge in [0.2, 0.25) is 0 Å². The van der Waals surface area contributed by atoms with E-state index in [9.17, 15) is 0 Å². The van der Waals surface area contributed by atoms with E-state index in [0.717, 1.165) is 29.7 Å². The zero-order valence-corrected chi connectivity index (χ0v) is 10.9. The summed E-state index contributed by atoms with van der Waals surface area (Å²) < 4.78 is 6.26. The molecule has 0 atom stereocenters. The van der Waals surface area contributed by atoms with Crippen LogP contribution in [0.1, 0.15) is 18.9 Å². The molecule has 1 aromatic carbocycles. The van der Waals surface area contributed by atoms with Crippen molar-refractivity contribution in [3.63, 3.8) is 0 Å². The summed E-state index contributed by atoms with van der Waals surface area (Å²) in [5.41, 5.74) is 1.64. The van der Waals surface area contributed by atoms with Crippen molar-refractivity contribution in [3.8, 4) is 6.07 Å². The molecule has 86 valence electrons. The van der Waals surface area contributed by atoms with E-state index in [0.29, 0.717) is 12.2 Å². The molecule has 0 aliphatic rings. The molecule has 1 rings (SSSR count). The third-order valence-electron chi connectivity index (χ3n) is 2.01. The summed E-state index contributed by atoms with van der Waals surface area (Å²) in [6, 6.07) is 7.58. The van der Waals surface area contributed by atoms with Crippen molar-refractivity contribution in [2.75, 3.05) is 25.1 Å². The SMILES string of the molecule is CCCOCCNc1ccc(C#N)cc1Br. The van der Waals surface area contributed by atoms with E-state index in [4.69, 9.17) is 10.00 Å². The maximum Gasteiger partial charge on any atom is 0.0992 e. The minimum atomic E-state index is 0.652. The summed E-state index contributed by atoms with van der Waals surface area (Å²) in [6.45, 7) is 4.35. The van der Waals surface area contributed by atoms with Crippen molar-refractivity contribution in [1.29, 1.82) is 5.26 Å². The van der Waals surface area contributed by atoms with Gasteiger partial charge in [0.25, 0.3) is 0 Å². The monoisotopic (exact) mass is 282 g/mol. The molecule has 0 aromatic heterocycles. The maximum atomic E-state index is 8.71. The Labute approximate surface area is 105 Å². The number of hydrogen-bond acceptors (Lipinski definition) is 3. The Morgan fingerprint density at radius 3 is 2.88 bits per heavy atom. The highest BCUT2D eigenvalue weighted by Gasteiger charge is 2.00. The first kappa shape index (κ1) is 13.0. The fourth-order valence-electron chi connectivity index (χ4n) is 1.23. The first-order valence-electron chi connectivity index (χ1n) is 5.29. The van der Waals surface area contributed by atoms with Crippen LogP contribution in [-0.2, 0) is 4.74 Å². The Morgan fingerprint density at radius 1 is 1.44 bits per heavy atom. The van der Waals surface area contributed by atoms with Gasteiger partial charge in [0.15, 0.2) is 0 Å². The number of rotatable bonds is 6. The van der Waals surface area contributed by atoms with Crippen LogP contribution >= 0.6 is 15.9 Å². The molecule has 0 heterocycles. The predicted octanol–water partition coefficient (Wildman–Crippen LogP) is 3.16. The Hall–Kier alpha value is -1.05. The van der Waals surface area contributed by atoms with Gasteiger partial charge in [-0.05, 0) is 40.5 Å². The first-order chi connectivity index (χ1) is 7.77. The van der Waals surface area contributed by atoms with Gasteiger partial charge in [-0.25, -0.2) is 0 Å². The van der Waals surface area contributed by atoms with Crippen molar-refractivity contribution in [2.45, 2.75) is 13.3 Å². The van der Waals surface area contributed by atoms with E-state index >= 15 is 0 Å². The largest absolute Gasteiger partial charge is 0.382 e. The third-order valence-corrected chi connectivity index (χ3v) is 2.66. The van der Waals surface area contributed by atoms with E-state index in [2.05, 4.69) is 34.2 Å². The molecule has 0 saturated heterocycles. The molecule has 3 nitrogen and oxygen atoms in total. The van der Waals surface area contributed by atoms with Gasteiger partial charge >= 0.3 is 0 Å². The van der Waals surface area contributed by atoms with Gasteiger partial charge in [0.05, 0.1) is 18.2 Å². The van der Waals surface area contributed by atoms with Crippen molar-refractivity contribution >= 4 is 21.6 Å². The molecule has 0 radical (unpaired) electrons. The molecule has 1 N–H and O–H groups in total. The van der Waals surface area contributed by atoms with E-state index in [1.807, 2.05) is 6.07 Å². The first-order valence-corrected chi connectivity index (χ1v) is 6.08. The summed E-state index contributed by atoms with van der Waals surface area (Å²) in [7, 11) is 0. The lowest BCUT2D eigenvalue weighted by Crippen LogP contribution is -2.10. The molecule has 0 spiro atoms. The summed E-state index contributed by atoms with van der Waals surface area (Å²) >= 11 is 3.42. The standard InChI is InChI=1S/C12H15BrN2O/c1-2-6-16-7-5-15-12-4-3-10(9-14)8-11(12)13/h3-4,8,15H,2,5-7H2,1H3. The summed E-state index contributed by atoms with van der Waals surface area (Å²) in [5.74, 6) is 0. The van der Waals surface area contributed by atoms with Crippen LogP contribution in [0.15, 0.2) is 22.7 Å². The molecule has 1 aromatic rings. The third kappa shape index (κ3) is 4.21. The van der Waals surface area contributed by atoms with Gasteiger partial charge in [-0.15, -0.1) is 0 Å². The Morgan fingerprint density at radius 2 is 2.25 bits per heavy atom. The number of nitriles is 1. The fourth-order valence-corrected chi connectivity index (χ4v) is 1.75. The molecule has 4 heteroatoms. The van der Waals surface area contributed by atoms with Crippen molar-refractivity contribution in [3.05, 3.63) is 28.2 Å². The minimum absolute atomic E-state index is 0.652. The minimum Gasteiger partial charge on any atom is -0.382 e. The number of nitrogens with zero attached hydrogens (tertiary/aromatic N) is 1. The highest BCUT2D eigenvalue weighted by Crippen LogP contribution is 2.22. The number of benzene rings is 1. The Kier molecular flexibility index (Phi) is 5.91. The number of halogens is 1. The maximum absolute atomic E-state index is 8.71. The second-order valence-corrected chi connectivity index (χ2v) is 4.20. The molecule has 0 saturated carbocycles. The van der Waals surface area contributed by atoms with Gasteiger partial charge in [-0.2, -0.15) is 5.26 Å². The highest BCUT2D eigenvalue weighted by molar-refractivity contribution is 9.10. The lowest BCUT2D eigenvalue weighted by molar-refractivity contribution is 0.144. The van der Waals surface area contributed by atoms with Crippen LogP contribution in [0.5, 0.6) is 0 Å². The van der Waals surface area contributed by atoms with Gasteiger partial charge < -0.3 is 10.1 Å². The zero-order chi connectivity index (χ0) is 11.8. The van der Waals surface area contributed by atoms with Gasteiger partial charge in [0, 0.05) is 23.3 Å². The smallest absolute Gasteiger partial charge is 0.0992 e. The van der Waals surface area contributed by atoms with Crippen molar-refractivity contribution in [1.82, 2.24) is 0 Å². The average molecular weight is 283 g/mol. The van der Waals surface area contributed by atoms with Crippen LogP contribution in [0.2, 0.25) is 0 Å². The van der Waals surface area contributed by atoms with E-state index in [-0.39, 0.29) is 0 Å². The summed E-state index contributed by atoms with van der Waals surface area (Å²) in [5, 5.41) is 12.0. The zero-order valence-electron chi connectivity index (χ0n) is 9.29. The van der Waals surface area contributed by atoms with Crippen LogP contribution in [0.3, 0.4) is 0 Å². The number of anilines is 1. The Balaban J connectivity index is 2.40. The molecule has 0 fully saturated rings. The quantitative estimate of drug-likeness (QED) is 0.816. The average Bonchev–Trinajstić information content (AvgIpc) is 2.30. The van der Waals surface area contributed by atoms with Crippen LogP contribution < -0.4 is 5.32 Å². The molecule has 16 heavy (non-hydrogen) atoms. The Bertz CT molecular complexity index is 374. The topological polar surface area (TPSA) is 45.0 Å². The molecule has 0 unspecified atom stereocenters. The van der Waals surface area contributed by atoms with E-state index < -0.39 is 0 Å². The van der Waals surface area contributed by atoms with Crippen molar-refractivity contribution in [2.24, 2.45) is 0 Å². The van der Waals surface area contributed by atoms with Crippen LogP contribution in [-0.4, -0.2) is 19.8 Å². The fraction of sp³-hybridized carbons (Fsp3) is 0.417. The molecule has 0 bridgehead atoms. The van der Waals surface area contributed by atoms with Crippen LogP contribution in [0, 0.1) is 11.3 Å². The predicted molar refractivity (Wildman–Crippen MR) is 68.5 cm³/mol. The number of hydrogen-bond donors (Lipinski definition) is 1. The van der Waals surface area contributed by atoms with Gasteiger partial charge in [-0.3, -0.25) is 0 Å². The van der Waals surface area contributed by atoms with Crippen LogP contribution in [0.4, 0.5) is 5.69 Å². The second-order valence-electron chi connectivity index (χ2n) is 3.35. The van der Waals surface area contributed by atoms with Gasteiger partial charge in [0.1, 0.15) is 0 Å². The second kappa shape index (κ2) is 7.26. The lowest BCUT2D eigenvalue weighted by atomic mass is 10.2. The summed E-state index contributed by atoms with van der Waals surface area (Å²) in [6.07, 6.45) is 1.04. The lowest BCUT2D eigenvalue weighted by Gasteiger charge is -2.08. The molecule has 0 aliphatic heterocycles. The molecule has 0 amide bonds. The molecular weight excluding hydrogens is 268 g/mol. The number of nitrogens with one attached hydrogen (secondary N) is 1. The molecule has 0 aliphatic carbocycles. The highest BCUT2D eigenvalue weighted by atomic mass is 79.9. The van der Waals surface area contributed by atoms with Crippen molar-refractivity contribution < 1.29 is 4.74 Å². The normalized spacial score (nSPS) is 9.81. The van der Waals surface area contributed by atoms with Gasteiger partial charge in [-0.1, -0.05) is 6.92 Å². The van der Waals surface area contributed by atoms with Crippen LogP contribution in [0.25, 0.3) is 0 Å².